The molecule has 2 rings (SSSR count). The van der Waals surface area contributed by atoms with E-state index in [1.807, 2.05) is 32.0 Å². The summed E-state index contributed by atoms with van der Waals surface area (Å²) in [7, 11) is 1.47. The van der Waals surface area contributed by atoms with Crippen molar-refractivity contribution < 1.29 is 14.6 Å². The van der Waals surface area contributed by atoms with Gasteiger partial charge in [0, 0.05) is 0 Å². The van der Waals surface area contributed by atoms with Crippen LogP contribution in [0.25, 0.3) is 0 Å². The van der Waals surface area contributed by atoms with Crippen LogP contribution in [0, 0.1) is 13.8 Å². The van der Waals surface area contributed by atoms with Gasteiger partial charge in [0.1, 0.15) is 0 Å². The summed E-state index contributed by atoms with van der Waals surface area (Å²) in [4.78, 5) is 12.0. The standard InChI is InChI=1S/C18H19BrN2O3/c1-11-4-5-12(2)14(6-11)9-17(22)21-20-10-13-7-15(19)18(23)16(8-13)24-3/h4-8,10,23H,9H2,1-3H3,(H,21,22)/b20-10+. The van der Waals surface area contributed by atoms with E-state index in [1.54, 1.807) is 12.1 Å². The summed E-state index contributed by atoms with van der Waals surface area (Å²) >= 11 is 3.24. The number of nitrogens with zero attached hydrogens (tertiary/aromatic N) is 1. The number of hydrazone groups is 1. The van der Waals surface area contributed by atoms with E-state index in [-0.39, 0.29) is 18.1 Å². The Hall–Kier alpha value is -2.34. The predicted octanol–water partition coefficient (Wildman–Crippen LogP) is 3.47. The van der Waals surface area contributed by atoms with Crippen molar-refractivity contribution in [1.29, 1.82) is 0 Å². The minimum absolute atomic E-state index is 0.0219. The minimum Gasteiger partial charge on any atom is -0.503 e. The fourth-order valence-corrected chi connectivity index (χ4v) is 2.67. The molecule has 1 amide bonds. The number of ether oxygens (including phenoxy) is 1. The average Bonchev–Trinajstić information content (AvgIpc) is 2.54. The zero-order valence-electron chi connectivity index (χ0n) is 13.8. The van der Waals surface area contributed by atoms with Crippen LogP contribution in [0.15, 0.2) is 39.9 Å². The molecule has 6 heteroatoms. The highest BCUT2D eigenvalue weighted by atomic mass is 79.9. The number of phenolic OH excluding ortho intramolecular Hbond substituents is 1. The Balaban J connectivity index is 2.02. The summed E-state index contributed by atoms with van der Waals surface area (Å²) in [6, 6.07) is 9.33. The Labute approximate surface area is 149 Å². The number of nitrogens with one attached hydrogen (secondary N) is 1. The van der Waals surface area contributed by atoms with Gasteiger partial charge in [-0.3, -0.25) is 4.79 Å². The van der Waals surface area contributed by atoms with Gasteiger partial charge in [-0.1, -0.05) is 23.8 Å². The number of carbonyl (C=O) groups is 1. The van der Waals surface area contributed by atoms with Crippen LogP contribution in [0.1, 0.15) is 22.3 Å². The number of carbonyl (C=O) groups excluding carboxylic acids is 1. The van der Waals surface area contributed by atoms with E-state index >= 15 is 0 Å². The number of aromatic hydroxyl groups is 1. The second kappa shape index (κ2) is 7.97. The van der Waals surface area contributed by atoms with Crippen molar-refractivity contribution in [2.75, 3.05) is 7.11 Å². The fourth-order valence-electron chi connectivity index (χ4n) is 2.21. The number of amides is 1. The van der Waals surface area contributed by atoms with Crippen molar-refractivity contribution in [3.8, 4) is 11.5 Å². The maximum atomic E-state index is 12.0. The molecule has 0 saturated carbocycles. The topological polar surface area (TPSA) is 70.9 Å². The second-order valence-electron chi connectivity index (χ2n) is 5.45. The van der Waals surface area contributed by atoms with Gasteiger partial charge in [-0.15, -0.1) is 0 Å². The number of hydrogen-bond acceptors (Lipinski definition) is 4. The molecular weight excluding hydrogens is 372 g/mol. The maximum absolute atomic E-state index is 12.0. The van der Waals surface area contributed by atoms with Crippen LogP contribution in [0.2, 0.25) is 0 Å². The Morgan fingerprint density at radius 1 is 1.33 bits per heavy atom. The van der Waals surface area contributed by atoms with E-state index in [0.29, 0.717) is 15.8 Å². The van der Waals surface area contributed by atoms with Crippen molar-refractivity contribution in [2.24, 2.45) is 5.10 Å². The number of phenols is 1. The molecule has 0 unspecified atom stereocenters. The Kier molecular flexibility index (Phi) is 5.98. The molecule has 0 aromatic heterocycles. The quantitative estimate of drug-likeness (QED) is 0.606. The summed E-state index contributed by atoms with van der Waals surface area (Å²) in [5, 5.41) is 13.7. The lowest BCUT2D eigenvalue weighted by atomic mass is 10.0. The largest absolute Gasteiger partial charge is 0.503 e. The molecule has 2 N–H and O–H groups in total. The first kappa shape index (κ1) is 18.0. The molecule has 0 aliphatic carbocycles. The van der Waals surface area contributed by atoms with Crippen LogP contribution in [-0.4, -0.2) is 24.3 Å². The van der Waals surface area contributed by atoms with Gasteiger partial charge in [-0.2, -0.15) is 5.10 Å². The van der Waals surface area contributed by atoms with E-state index < -0.39 is 0 Å². The van der Waals surface area contributed by atoms with Gasteiger partial charge in [0.25, 0.3) is 0 Å². The average molecular weight is 391 g/mol. The number of rotatable bonds is 5. The highest BCUT2D eigenvalue weighted by molar-refractivity contribution is 9.10. The molecule has 5 nitrogen and oxygen atoms in total. The smallest absolute Gasteiger partial charge is 0.244 e. The van der Waals surface area contributed by atoms with Crippen molar-refractivity contribution in [3.63, 3.8) is 0 Å². The molecule has 0 atom stereocenters. The first-order chi connectivity index (χ1) is 11.4. The Morgan fingerprint density at radius 3 is 2.79 bits per heavy atom. The summed E-state index contributed by atoms with van der Waals surface area (Å²) < 4.78 is 5.56. The van der Waals surface area contributed by atoms with E-state index in [9.17, 15) is 9.90 Å². The highest BCUT2D eigenvalue weighted by Gasteiger charge is 2.08. The van der Waals surface area contributed by atoms with Crippen LogP contribution in [0.5, 0.6) is 11.5 Å². The molecule has 0 saturated heterocycles. The van der Waals surface area contributed by atoms with E-state index in [1.165, 1.54) is 13.3 Å². The van der Waals surface area contributed by atoms with Gasteiger partial charge in [-0.25, -0.2) is 5.43 Å². The van der Waals surface area contributed by atoms with Crippen molar-refractivity contribution in [2.45, 2.75) is 20.3 Å². The third kappa shape index (κ3) is 4.58. The van der Waals surface area contributed by atoms with Crippen LogP contribution < -0.4 is 10.2 Å². The molecule has 0 spiro atoms. The highest BCUT2D eigenvalue weighted by Crippen LogP contribution is 2.34. The number of methoxy groups -OCH3 is 1. The van der Waals surface area contributed by atoms with Gasteiger partial charge in [0.05, 0.1) is 24.2 Å². The van der Waals surface area contributed by atoms with Gasteiger partial charge >= 0.3 is 0 Å². The molecule has 0 aliphatic heterocycles. The Bertz CT molecular complexity index is 788. The minimum atomic E-state index is -0.190. The molecule has 2 aromatic rings. The SMILES string of the molecule is COc1cc(/C=N/NC(=O)Cc2cc(C)ccc2C)cc(Br)c1O. The normalized spacial score (nSPS) is 10.8. The zero-order chi connectivity index (χ0) is 17.7. The summed E-state index contributed by atoms with van der Waals surface area (Å²) in [6.45, 7) is 3.97. The third-order valence-corrected chi connectivity index (χ3v) is 4.13. The lowest BCUT2D eigenvalue weighted by Gasteiger charge is -2.07. The van der Waals surface area contributed by atoms with Gasteiger partial charge < -0.3 is 9.84 Å². The van der Waals surface area contributed by atoms with E-state index in [4.69, 9.17) is 4.74 Å². The van der Waals surface area contributed by atoms with Crippen LogP contribution >= 0.6 is 15.9 Å². The van der Waals surface area contributed by atoms with Crippen LogP contribution in [0.4, 0.5) is 0 Å². The number of aryl methyl sites for hydroxylation is 2. The molecule has 24 heavy (non-hydrogen) atoms. The van der Waals surface area contributed by atoms with Gasteiger partial charge in [-0.05, 0) is 58.6 Å². The second-order valence-corrected chi connectivity index (χ2v) is 6.31. The van der Waals surface area contributed by atoms with Crippen LogP contribution in [0.3, 0.4) is 0 Å². The predicted molar refractivity (Wildman–Crippen MR) is 97.7 cm³/mol. The van der Waals surface area contributed by atoms with Crippen molar-refractivity contribution in [1.82, 2.24) is 5.43 Å². The molecule has 2 aromatic carbocycles. The third-order valence-electron chi connectivity index (χ3n) is 3.53. The molecular formula is C18H19BrN2O3. The molecule has 0 radical (unpaired) electrons. The molecule has 0 bridgehead atoms. The van der Waals surface area contributed by atoms with Gasteiger partial charge in [0.15, 0.2) is 11.5 Å². The molecule has 0 aliphatic rings. The Morgan fingerprint density at radius 2 is 2.08 bits per heavy atom. The zero-order valence-corrected chi connectivity index (χ0v) is 15.3. The lowest BCUT2D eigenvalue weighted by Crippen LogP contribution is -2.20. The summed E-state index contributed by atoms with van der Waals surface area (Å²) in [5.41, 5.74) is 6.37. The van der Waals surface area contributed by atoms with Crippen molar-refractivity contribution in [3.05, 3.63) is 57.1 Å². The molecule has 0 heterocycles. The number of hydrogen-bond donors (Lipinski definition) is 2. The lowest BCUT2D eigenvalue weighted by molar-refractivity contribution is -0.120. The summed E-state index contributed by atoms with van der Waals surface area (Å²) in [6.07, 6.45) is 1.77. The van der Waals surface area contributed by atoms with Crippen LogP contribution in [-0.2, 0) is 11.2 Å². The van der Waals surface area contributed by atoms with Gasteiger partial charge in [0.2, 0.25) is 5.91 Å². The van der Waals surface area contributed by atoms with E-state index in [2.05, 4.69) is 26.5 Å². The summed E-state index contributed by atoms with van der Waals surface area (Å²) in [5.74, 6) is 0.158. The number of benzene rings is 2. The number of halogens is 1. The molecule has 126 valence electrons. The van der Waals surface area contributed by atoms with E-state index in [0.717, 1.165) is 16.7 Å². The maximum Gasteiger partial charge on any atom is 0.244 e. The first-order valence-electron chi connectivity index (χ1n) is 7.35. The fraction of sp³-hybridized carbons (Fsp3) is 0.222. The first-order valence-corrected chi connectivity index (χ1v) is 8.14. The van der Waals surface area contributed by atoms with Crippen molar-refractivity contribution >= 4 is 28.1 Å². The monoisotopic (exact) mass is 390 g/mol. The molecule has 0 fully saturated rings.